The molecular formula is C27H40N2O4. The summed E-state index contributed by atoms with van der Waals surface area (Å²) in [7, 11) is 0. The lowest BCUT2D eigenvalue weighted by molar-refractivity contribution is -0.138. The van der Waals surface area contributed by atoms with Crippen molar-refractivity contribution in [2.45, 2.75) is 84.8 Å². The number of hydrogen-bond donors (Lipinski definition) is 0. The predicted octanol–water partition coefficient (Wildman–Crippen LogP) is 5.03. The zero-order valence-corrected chi connectivity index (χ0v) is 20.8. The topological polar surface area (TPSA) is 59.1 Å². The van der Waals surface area contributed by atoms with Crippen LogP contribution in [0.3, 0.4) is 0 Å². The minimum absolute atomic E-state index is 0.00263. The van der Waals surface area contributed by atoms with Crippen LogP contribution in [-0.4, -0.2) is 60.1 Å². The van der Waals surface area contributed by atoms with Crippen LogP contribution >= 0.6 is 0 Å². The van der Waals surface area contributed by atoms with Gasteiger partial charge in [-0.2, -0.15) is 0 Å². The van der Waals surface area contributed by atoms with Gasteiger partial charge < -0.3 is 14.4 Å². The predicted molar refractivity (Wildman–Crippen MR) is 131 cm³/mol. The molecule has 0 saturated carbocycles. The smallest absolute Gasteiger partial charge is 0.277 e. The quantitative estimate of drug-likeness (QED) is 0.326. The first kappa shape index (κ1) is 25.3. The summed E-state index contributed by atoms with van der Waals surface area (Å²) in [6.45, 7) is 10.6. The lowest BCUT2D eigenvalue weighted by Crippen LogP contribution is -2.47. The molecule has 0 aromatic heterocycles. The number of carbonyl (C=O) groups excluding carboxylic acids is 2. The molecule has 0 spiro atoms. The summed E-state index contributed by atoms with van der Waals surface area (Å²) in [5, 5.41) is 0. The van der Waals surface area contributed by atoms with Crippen molar-refractivity contribution >= 4 is 17.4 Å². The van der Waals surface area contributed by atoms with E-state index >= 15 is 0 Å². The summed E-state index contributed by atoms with van der Waals surface area (Å²) in [6.07, 6.45) is 7.63. The average Bonchev–Trinajstić information content (AvgIpc) is 3.04. The second-order valence-corrected chi connectivity index (χ2v) is 9.29. The van der Waals surface area contributed by atoms with Gasteiger partial charge in [-0.15, -0.1) is 0 Å². The maximum absolute atomic E-state index is 13.5. The fourth-order valence-electron chi connectivity index (χ4n) is 4.67. The van der Waals surface area contributed by atoms with Crippen molar-refractivity contribution in [1.82, 2.24) is 9.80 Å². The molecule has 2 aliphatic heterocycles. The molecule has 1 fully saturated rings. The molecule has 182 valence electrons. The third-order valence-electron chi connectivity index (χ3n) is 6.23. The molecule has 33 heavy (non-hydrogen) atoms. The standard InChI is InChI=1S/C27H40N2O4/c1-5-7-8-9-10-11-16-29-26(30)24(22-12-14-23(15-13-22)32-17-6-2)25(27(29)31)28-18-20(3)33-21(4)19-28/h12-15,20-21H,5-11,16-19H2,1-4H3. The Balaban J connectivity index is 1.83. The minimum atomic E-state index is -0.183. The molecule has 2 unspecified atom stereocenters. The number of amides is 2. The molecule has 0 N–H and O–H groups in total. The first-order chi connectivity index (χ1) is 16.0. The molecule has 2 heterocycles. The van der Waals surface area contributed by atoms with Crippen molar-refractivity contribution in [1.29, 1.82) is 0 Å². The largest absolute Gasteiger partial charge is 0.494 e. The van der Waals surface area contributed by atoms with E-state index in [2.05, 4.69) is 18.7 Å². The van der Waals surface area contributed by atoms with Gasteiger partial charge in [0, 0.05) is 19.6 Å². The van der Waals surface area contributed by atoms with Gasteiger partial charge in [0.25, 0.3) is 11.8 Å². The van der Waals surface area contributed by atoms with Crippen LogP contribution in [0.5, 0.6) is 5.75 Å². The van der Waals surface area contributed by atoms with Gasteiger partial charge in [0.1, 0.15) is 11.4 Å². The third-order valence-corrected chi connectivity index (χ3v) is 6.23. The van der Waals surface area contributed by atoms with Crippen molar-refractivity contribution in [2.24, 2.45) is 0 Å². The first-order valence-corrected chi connectivity index (χ1v) is 12.7. The average molecular weight is 457 g/mol. The molecule has 2 aliphatic rings. The highest BCUT2D eigenvalue weighted by Crippen LogP contribution is 2.34. The molecule has 1 aromatic carbocycles. The number of imide groups is 1. The summed E-state index contributed by atoms with van der Waals surface area (Å²) in [4.78, 5) is 30.5. The van der Waals surface area contributed by atoms with Gasteiger partial charge >= 0.3 is 0 Å². The normalized spacial score (nSPS) is 21.3. The molecule has 0 aliphatic carbocycles. The van der Waals surface area contributed by atoms with Crippen molar-refractivity contribution < 1.29 is 19.1 Å². The molecule has 0 radical (unpaired) electrons. The summed E-state index contributed by atoms with van der Waals surface area (Å²) < 4.78 is 11.6. The van der Waals surface area contributed by atoms with E-state index in [1.165, 1.54) is 24.2 Å². The van der Waals surface area contributed by atoms with Crippen LogP contribution in [0.15, 0.2) is 30.0 Å². The lowest BCUT2D eigenvalue weighted by atomic mass is 10.0. The molecule has 0 bridgehead atoms. The van der Waals surface area contributed by atoms with E-state index in [4.69, 9.17) is 9.47 Å². The minimum Gasteiger partial charge on any atom is -0.494 e. The van der Waals surface area contributed by atoms with Crippen molar-refractivity contribution in [3.8, 4) is 5.75 Å². The Hall–Kier alpha value is -2.34. The van der Waals surface area contributed by atoms with Gasteiger partial charge in [0.05, 0.1) is 24.4 Å². The van der Waals surface area contributed by atoms with Crippen molar-refractivity contribution in [2.75, 3.05) is 26.2 Å². The van der Waals surface area contributed by atoms with E-state index in [-0.39, 0.29) is 24.0 Å². The Bertz CT molecular complexity index is 823. The number of rotatable bonds is 12. The van der Waals surface area contributed by atoms with Crippen LogP contribution < -0.4 is 4.74 Å². The van der Waals surface area contributed by atoms with Gasteiger partial charge in [0.15, 0.2) is 0 Å². The summed E-state index contributed by atoms with van der Waals surface area (Å²) in [5.41, 5.74) is 1.80. The fourth-order valence-corrected chi connectivity index (χ4v) is 4.67. The van der Waals surface area contributed by atoms with E-state index in [1.54, 1.807) is 0 Å². The summed E-state index contributed by atoms with van der Waals surface area (Å²) >= 11 is 0. The summed E-state index contributed by atoms with van der Waals surface area (Å²) in [6, 6.07) is 7.56. The molecule has 3 rings (SSSR count). The molecular weight excluding hydrogens is 416 g/mol. The first-order valence-electron chi connectivity index (χ1n) is 12.7. The highest BCUT2D eigenvalue weighted by atomic mass is 16.5. The van der Waals surface area contributed by atoms with Gasteiger partial charge in [-0.05, 0) is 44.4 Å². The van der Waals surface area contributed by atoms with Crippen LogP contribution in [0.25, 0.3) is 5.57 Å². The zero-order valence-electron chi connectivity index (χ0n) is 20.8. The Labute approximate surface area is 198 Å². The Morgan fingerprint density at radius 1 is 0.879 bits per heavy atom. The second-order valence-electron chi connectivity index (χ2n) is 9.29. The molecule has 2 atom stereocenters. The van der Waals surface area contributed by atoms with Gasteiger partial charge in [-0.3, -0.25) is 14.5 Å². The van der Waals surface area contributed by atoms with Crippen molar-refractivity contribution in [3.63, 3.8) is 0 Å². The molecule has 6 heteroatoms. The van der Waals surface area contributed by atoms with E-state index in [0.29, 0.717) is 37.5 Å². The highest BCUT2D eigenvalue weighted by Gasteiger charge is 2.42. The maximum atomic E-state index is 13.5. The van der Waals surface area contributed by atoms with E-state index in [1.807, 2.05) is 38.1 Å². The van der Waals surface area contributed by atoms with E-state index in [0.717, 1.165) is 37.0 Å². The zero-order chi connectivity index (χ0) is 23.8. The monoisotopic (exact) mass is 456 g/mol. The van der Waals surface area contributed by atoms with Crippen LogP contribution in [0, 0.1) is 0 Å². The van der Waals surface area contributed by atoms with Gasteiger partial charge in [0.2, 0.25) is 0 Å². The van der Waals surface area contributed by atoms with Crippen LogP contribution in [0.2, 0.25) is 0 Å². The number of carbonyl (C=O) groups is 2. The lowest BCUT2D eigenvalue weighted by Gasteiger charge is -2.37. The Morgan fingerprint density at radius 2 is 1.52 bits per heavy atom. The Kier molecular flexibility index (Phi) is 9.36. The molecule has 1 aromatic rings. The van der Waals surface area contributed by atoms with Crippen LogP contribution in [0.1, 0.15) is 78.2 Å². The molecule has 2 amide bonds. The molecule has 6 nitrogen and oxygen atoms in total. The maximum Gasteiger partial charge on any atom is 0.277 e. The van der Waals surface area contributed by atoms with Crippen molar-refractivity contribution in [3.05, 3.63) is 35.5 Å². The van der Waals surface area contributed by atoms with Gasteiger partial charge in [-0.1, -0.05) is 58.1 Å². The number of unbranched alkanes of at least 4 members (excludes halogenated alkanes) is 5. The number of nitrogens with zero attached hydrogens (tertiary/aromatic N) is 2. The summed E-state index contributed by atoms with van der Waals surface area (Å²) in [5.74, 6) is 0.422. The van der Waals surface area contributed by atoms with Crippen LogP contribution in [-0.2, 0) is 14.3 Å². The van der Waals surface area contributed by atoms with E-state index < -0.39 is 0 Å². The third kappa shape index (κ3) is 6.38. The number of hydrogen-bond acceptors (Lipinski definition) is 5. The fraction of sp³-hybridized carbons (Fsp3) is 0.630. The van der Waals surface area contributed by atoms with E-state index in [9.17, 15) is 9.59 Å². The van der Waals surface area contributed by atoms with Gasteiger partial charge in [-0.25, -0.2) is 0 Å². The highest BCUT2D eigenvalue weighted by molar-refractivity contribution is 6.35. The SMILES string of the molecule is CCCCCCCCN1C(=O)C(c2ccc(OCCC)cc2)=C(N2CC(C)OC(C)C2)C1=O. The number of benzene rings is 1. The number of ether oxygens (including phenoxy) is 2. The number of morpholine rings is 1. The second kappa shape index (κ2) is 12.2. The Morgan fingerprint density at radius 3 is 2.15 bits per heavy atom. The van der Waals surface area contributed by atoms with Crippen LogP contribution in [0.4, 0.5) is 0 Å². The molecule has 1 saturated heterocycles.